The summed E-state index contributed by atoms with van der Waals surface area (Å²) in [5.74, 6) is 0.235. The van der Waals surface area contributed by atoms with Gasteiger partial charge in [-0.3, -0.25) is 9.59 Å². The van der Waals surface area contributed by atoms with Crippen molar-refractivity contribution in [2.24, 2.45) is 11.8 Å². The van der Waals surface area contributed by atoms with Gasteiger partial charge in [0, 0.05) is 12.1 Å². The Bertz CT molecular complexity index is 569. The molecule has 0 fully saturated rings. The summed E-state index contributed by atoms with van der Waals surface area (Å²) >= 11 is 0. The fourth-order valence-electron chi connectivity index (χ4n) is 2.48. The lowest BCUT2D eigenvalue weighted by atomic mass is 9.86. The molecular formula is C21H34N2O2. The minimum absolute atomic E-state index is 0.0249. The summed E-state index contributed by atoms with van der Waals surface area (Å²) in [7, 11) is 0. The summed E-state index contributed by atoms with van der Waals surface area (Å²) in [6, 6.07) is 7.07. The highest BCUT2D eigenvalue weighted by Gasteiger charge is 2.24. The van der Waals surface area contributed by atoms with Crippen LogP contribution in [0, 0.1) is 11.8 Å². The lowest BCUT2D eigenvalue weighted by Gasteiger charge is -2.22. The quantitative estimate of drug-likeness (QED) is 0.786. The van der Waals surface area contributed by atoms with Gasteiger partial charge in [0.05, 0.1) is 0 Å². The Morgan fingerprint density at radius 3 is 2.00 bits per heavy atom. The molecule has 4 heteroatoms. The summed E-state index contributed by atoms with van der Waals surface area (Å²) in [5.41, 5.74) is 1.80. The Labute approximate surface area is 152 Å². The van der Waals surface area contributed by atoms with Crippen molar-refractivity contribution in [3.63, 3.8) is 0 Å². The van der Waals surface area contributed by atoms with Crippen LogP contribution in [0.4, 0.5) is 0 Å². The number of carbonyl (C=O) groups excluding carboxylic acids is 2. The van der Waals surface area contributed by atoms with Crippen LogP contribution in [0.3, 0.4) is 0 Å². The van der Waals surface area contributed by atoms with Crippen molar-refractivity contribution in [2.45, 2.75) is 66.3 Å². The van der Waals surface area contributed by atoms with Crippen LogP contribution in [0.15, 0.2) is 24.3 Å². The predicted molar refractivity (Wildman–Crippen MR) is 104 cm³/mol. The lowest BCUT2D eigenvalue weighted by Crippen LogP contribution is -2.50. The third kappa shape index (κ3) is 6.89. The highest BCUT2D eigenvalue weighted by atomic mass is 16.2. The maximum Gasteiger partial charge on any atom is 0.251 e. The van der Waals surface area contributed by atoms with Gasteiger partial charge in [0.15, 0.2) is 0 Å². The van der Waals surface area contributed by atoms with Gasteiger partial charge in [0.25, 0.3) is 5.91 Å². The van der Waals surface area contributed by atoms with Gasteiger partial charge in [-0.05, 0) is 41.4 Å². The van der Waals surface area contributed by atoms with Crippen LogP contribution in [0.1, 0.15) is 70.8 Å². The fourth-order valence-corrected chi connectivity index (χ4v) is 2.48. The molecule has 0 radical (unpaired) electrons. The fraction of sp³-hybridized carbons (Fsp3) is 0.619. The van der Waals surface area contributed by atoms with E-state index in [4.69, 9.17) is 0 Å². The molecule has 0 unspecified atom stereocenters. The molecule has 0 heterocycles. The molecular weight excluding hydrogens is 312 g/mol. The molecule has 2 N–H and O–H groups in total. The van der Waals surface area contributed by atoms with E-state index < -0.39 is 6.04 Å². The van der Waals surface area contributed by atoms with Gasteiger partial charge in [-0.15, -0.1) is 0 Å². The number of amides is 2. The molecule has 0 saturated heterocycles. The summed E-state index contributed by atoms with van der Waals surface area (Å²) in [5, 5.41) is 5.81. The van der Waals surface area contributed by atoms with Gasteiger partial charge in [-0.1, -0.05) is 60.6 Å². The smallest absolute Gasteiger partial charge is 0.251 e. The van der Waals surface area contributed by atoms with Gasteiger partial charge in [-0.2, -0.15) is 0 Å². The molecule has 1 atom stereocenters. The molecule has 0 spiro atoms. The minimum Gasteiger partial charge on any atom is -0.354 e. The van der Waals surface area contributed by atoms with Gasteiger partial charge < -0.3 is 10.6 Å². The molecule has 0 bridgehead atoms. The van der Waals surface area contributed by atoms with Crippen LogP contribution < -0.4 is 10.6 Å². The lowest BCUT2D eigenvalue weighted by molar-refractivity contribution is -0.123. The number of hydrogen-bond acceptors (Lipinski definition) is 2. The standard InChI is InChI=1S/C21H34N2O2/c1-14(2)12-13-22-20(25)18(15(3)4)23-19(24)16-8-10-17(11-9-16)21(5,6)7/h8-11,14-15,18H,12-13H2,1-7H3,(H,22,25)(H,23,24)/t18-/m1/s1. The molecule has 0 aliphatic rings. The van der Waals surface area contributed by atoms with E-state index in [1.54, 1.807) is 0 Å². The third-order valence-electron chi connectivity index (χ3n) is 4.27. The largest absolute Gasteiger partial charge is 0.354 e. The summed E-state index contributed by atoms with van der Waals surface area (Å²) in [4.78, 5) is 24.9. The van der Waals surface area contributed by atoms with E-state index in [1.165, 1.54) is 5.56 Å². The van der Waals surface area contributed by atoms with E-state index in [-0.39, 0.29) is 23.1 Å². The normalized spacial score (nSPS) is 13.0. The van der Waals surface area contributed by atoms with E-state index in [2.05, 4.69) is 45.3 Å². The van der Waals surface area contributed by atoms with Crippen molar-refractivity contribution < 1.29 is 9.59 Å². The summed E-state index contributed by atoms with van der Waals surface area (Å²) in [6.07, 6.45) is 0.929. The van der Waals surface area contributed by atoms with Crippen LogP contribution in [-0.2, 0) is 10.2 Å². The number of rotatable bonds is 7. The molecule has 4 nitrogen and oxygen atoms in total. The zero-order chi connectivity index (χ0) is 19.2. The van der Waals surface area contributed by atoms with Crippen LogP contribution >= 0.6 is 0 Å². The zero-order valence-electron chi connectivity index (χ0n) is 16.8. The number of carbonyl (C=O) groups is 2. The predicted octanol–water partition coefficient (Wildman–Crippen LogP) is 3.90. The number of benzene rings is 1. The van der Waals surface area contributed by atoms with Gasteiger partial charge in [-0.25, -0.2) is 0 Å². The second-order valence-electron chi connectivity index (χ2n) is 8.50. The molecule has 1 aromatic rings. The maximum atomic E-state index is 12.5. The van der Waals surface area contributed by atoms with Gasteiger partial charge >= 0.3 is 0 Å². The van der Waals surface area contributed by atoms with Crippen LogP contribution in [0.2, 0.25) is 0 Å². The molecule has 1 rings (SSSR count). The van der Waals surface area contributed by atoms with Gasteiger partial charge in [0.2, 0.25) is 5.91 Å². The Balaban J connectivity index is 2.74. The first-order chi connectivity index (χ1) is 11.5. The SMILES string of the molecule is CC(C)CCNC(=O)[C@H](NC(=O)c1ccc(C(C)(C)C)cc1)C(C)C. The average Bonchev–Trinajstić information content (AvgIpc) is 2.50. The first-order valence-electron chi connectivity index (χ1n) is 9.21. The maximum absolute atomic E-state index is 12.5. The Morgan fingerprint density at radius 2 is 1.56 bits per heavy atom. The molecule has 0 aromatic heterocycles. The van der Waals surface area contributed by atoms with Crippen molar-refractivity contribution in [1.82, 2.24) is 10.6 Å². The molecule has 0 aliphatic heterocycles. The number of hydrogen-bond donors (Lipinski definition) is 2. The number of nitrogens with one attached hydrogen (secondary N) is 2. The molecule has 140 valence electrons. The minimum atomic E-state index is -0.526. The Kier molecular flexibility index (Phi) is 7.65. The van der Waals surface area contributed by atoms with Gasteiger partial charge in [0.1, 0.15) is 6.04 Å². The monoisotopic (exact) mass is 346 g/mol. The van der Waals surface area contributed by atoms with E-state index in [1.807, 2.05) is 38.1 Å². The average molecular weight is 347 g/mol. The van der Waals surface area contributed by atoms with Crippen molar-refractivity contribution in [2.75, 3.05) is 6.54 Å². The van der Waals surface area contributed by atoms with E-state index >= 15 is 0 Å². The third-order valence-corrected chi connectivity index (χ3v) is 4.27. The zero-order valence-corrected chi connectivity index (χ0v) is 16.8. The van der Waals surface area contributed by atoms with E-state index in [0.717, 1.165) is 6.42 Å². The highest BCUT2D eigenvalue weighted by Crippen LogP contribution is 2.22. The van der Waals surface area contributed by atoms with Crippen molar-refractivity contribution in [3.05, 3.63) is 35.4 Å². The molecule has 0 saturated carbocycles. The topological polar surface area (TPSA) is 58.2 Å². The molecule has 2 amide bonds. The van der Waals surface area contributed by atoms with Crippen LogP contribution in [0.25, 0.3) is 0 Å². The first-order valence-corrected chi connectivity index (χ1v) is 9.21. The first kappa shape index (κ1) is 21.2. The van der Waals surface area contributed by atoms with Crippen LogP contribution in [-0.4, -0.2) is 24.4 Å². The second kappa shape index (κ2) is 9.02. The van der Waals surface area contributed by atoms with Crippen molar-refractivity contribution in [1.29, 1.82) is 0 Å². The van der Waals surface area contributed by atoms with Crippen molar-refractivity contribution >= 4 is 11.8 Å². The summed E-state index contributed by atoms with van der Waals surface area (Å²) < 4.78 is 0. The molecule has 25 heavy (non-hydrogen) atoms. The molecule has 0 aliphatic carbocycles. The Hall–Kier alpha value is -1.84. The van der Waals surface area contributed by atoms with E-state index in [9.17, 15) is 9.59 Å². The van der Waals surface area contributed by atoms with Crippen molar-refractivity contribution in [3.8, 4) is 0 Å². The van der Waals surface area contributed by atoms with E-state index in [0.29, 0.717) is 18.0 Å². The van der Waals surface area contributed by atoms with Crippen LogP contribution in [0.5, 0.6) is 0 Å². The molecule has 1 aromatic carbocycles. The Morgan fingerprint density at radius 1 is 1.00 bits per heavy atom. The summed E-state index contributed by atoms with van der Waals surface area (Å²) in [6.45, 7) is 15.2. The highest BCUT2D eigenvalue weighted by molar-refractivity contribution is 5.97. The second-order valence-corrected chi connectivity index (χ2v) is 8.50.